The highest BCUT2D eigenvalue weighted by molar-refractivity contribution is 7.99. The molecule has 0 aromatic heterocycles. The summed E-state index contributed by atoms with van der Waals surface area (Å²) < 4.78 is 5.24. The van der Waals surface area contributed by atoms with Gasteiger partial charge in [-0.2, -0.15) is 0 Å². The molecule has 108 valence electrons. The molecule has 4 nitrogen and oxygen atoms in total. The maximum Gasteiger partial charge on any atom is 0.228 e. The van der Waals surface area contributed by atoms with Crippen LogP contribution in [0.5, 0.6) is 0 Å². The summed E-state index contributed by atoms with van der Waals surface area (Å²) in [4.78, 5) is 13.5. The molecule has 2 heterocycles. The molecule has 2 aliphatic rings. The fraction of sp³-hybridized carbons (Fsp3) is 0.533. The van der Waals surface area contributed by atoms with Gasteiger partial charge in [0.05, 0.1) is 11.5 Å². The molecule has 1 saturated heterocycles. The normalized spacial score (nSPS) is 24.1. The summed E-state index contributed by atoms with van der Waals surface area (Å²) in [5, 5.41) is 13.3. The van der Waals surface area contributed by atoms with Gasteiger partial charge in [-0.05, 0) is 11.6 Å². The second-order valence-electron chi connectivity index (χ2n) is 5.46. The van der Waals surface area contributed by atoms with Crippen molar-refractivity contribution >= 4 is 17.7 Å². The SMILES string of the molecule is O=C(NCC1(O)CCOCC1)C1CSc2ccccc21. The molecule has 0 radical (unpaired) electrons. The first-order chi connectivity index (χ1) is 9.68. The summed E-state index contributed by atoms with van der Waals surface area (Å²) >= 11 is 1.72. The average Bonchev–Trinajstić information content (AvgIpc) is 2.90. The predicted octanol–water partition coefficient (Wildman–Crippen LogP) is 1.53. The molecular formula is C15H19NO3S. The Hall–Kier alpha value is -1.04. The van der Waals surface area contributed by atoms with Crippen LogP contribution in [0.25, 0.3) is 0 Å². The first-order valence-electron chi connectivity index (χ1n) is 6.98. The van der Waals surface area contributed by atoms with Crippen molar-refractivity contribution in [1.29, 1.82) is 0 Å². The Kier molecular flexibility index (Phi) is 4.01. The van der Waals surface area contributed by atoms with Crippen LogP contribution in [0.4, 0.5) is 0 Å². The van der Waals surface area contributed by atoms with Gasteiger partial charge >= 0.3 is 0 Å². The summed E-state index contributed by atoms with van der Waals surface area (Å²) in [5.74, 6) is 0.703. The Morgan fingerprint density at radius 2 is 2.15 bits per heavy atom. The van der Waals surface area contributed by atoms with Crippen LogP contribution < -0.4 is 5.32 Å². The number of rotatable bonds is 3. The van der Waals surface area contributed by atoms with E-state index in [0.29, 0.717) is 32.6 Å². The lowest BCUT2D eigenvalue weighted by Gasteiger charge is -2.32. The maximum absolute atomic E-state index is 12.3. The quantitative estimate of drug-likeness (QED) is 0.887. The summed E-state index contributed by atoms with van der Waals surface area (Å²) in [6, 6.07) is 8.04. The van der Waals surface area contributed by atoms with E-state index in [-0.39, 0.29) is 11.8 Å². The van der Waals surface area contributed by atoms with Gasteiger partial charge < -0.3 is 15.2 Å². The van der Waals surface area contributed by atoms with Gasteiger partial charge in [-0.15, -0.1) is 11.8 Å². The minimum atomic E-state index is -0.806. The average molecular weight is 293 g/mol. The molecule has 1 amide bonds. The zero-order valence-corrected chi connectivity index (χ0v) is 12.1. The lowest BCUT2D eigenvalue weighted by atomic mass is 9.93. The minimum Gasteiger partial charge on any atom is -0.388 e. The van der Waals surface area contributed by atoms with Crippen LogP contribution in [0.3, 0.4) is 0 Å². The molecule has 1 aromatic rings. The van der Waals surface area contributed by atoms with E-state index in [4.69, 9.17) is 4.74 Å². The van der Waals surface area contributed by atoms with Crippen molar-refractivity contribution in [2.75, 3.05) is 25.5 Å². The van der Waals surface area contributed by atoms with Crippen molar-refractivity contribution in [3.8, 4) is 0 Å². The third-order valence-corrected chi connectivity index (χ3v) is 5.21. The van der Waals surface area contributed by atoms with Crippen molar-refractivity contribution in [3.05, 3.63) is 29.8 Å². The van der Waals surface area contributed by atoms with Gasteiger partial charge in [-0.1, -0.05) is 18.2 Å². The molecule has 2 aliphatic heterocycles. The highest BCUT2D eigenvalue weighted by atomic mass is 32.2. The second-order valence-corrected chi connectivity index (χ2v) is 6.52. The van der Waals surface area contributed by atoms with Gasteiger partial charge in [0.25, 0.3) is 0 Å². The van der Waals surface area contributed by atoms with E-state index in [0.717, 1.165) is 11.3 Å². The van der Waals surface area contributed by atoms with Crippen LogP contribution >= 0.6 is 11.8 Å². The van der Waals surface area contributed by atoms with E-state index in [9.17, 15) is 9.90 Å². The number of carbonyl (C=O) groups is 1. The van der Waals surface area contributed by atoms with Crippen LogP contribution in [-0.4, -0.2) is 42.1 Å². The molecule has 1 unspecified atom stereocenters. The fourth-order valence-corrected chi connectivity index (χ4v) is 3.91. The van der Waals surface area contributed by atoms with Crippen LogP contribution in [0.15, 0.2) is 29.2 Å². The predicted molar refractivity (Wildman–Crippen MR) is 77.9 cm³/mol. The van der Waals surface area contributed by atoms with E-state index >= 15 is 0 Å². The molecule has 5 heteroatoms. The van der Waals surface area contributed by atoms with Crippen LogP contribution in [-0.2, 0) is 9.53 Å². The Morgan fingerprint density at radius 3 is 2.95 bits per heavy atom. The minimum absolute atomic E-state index is 0.0161. The number of hydrogen-bond donors (Lipinski definition) is 2. The molecule has 1 atom stereocenters. The Labute approximate surface area is 122 Å². The molecule has 1 fully saturated rings. The smallest absolute Gasteiger partial charge is 0.228 e. The van der Waals surface area contributed by atoms with Crippen LogP contribution in [0.1, 0.15) is 24.3 Å². The van der Waals surface area contributed by atoms with Crippen molar-refractivity contribution < 1.29 is 14.6 Å². The number of fused-ring (bicyclic) bond motifs is 1. The number of amides is 1. The zero-order chi connectivity index (χ0) is 14.0. The van der Waals surface area contributed by atoms with Crippen LogP contribution in [0.2, 0.25) is 0 Å². The molecule has 1 aromatic carbocycles. The third-order valence-electron chi connectivity index (χ3n) is 4.03. The first kappa shape index (κ1) is 13.9. The van der Waals surface area contributed by atoms with Gasteiger partial charge in [0, 0.05) is 43.2 Å². The molecule has 0 saturated carbocycles. The molecule has 3 rings (SSSR count). The lowest BCUT2D eigenvalue weighted by molar-refractivity contribution is -0.124. The van der Waals surface area contributed by atoms with Crippen molar-refractivity contribution in [2.45, 2.75) is 29.3 Å². The van der Waals surface area contributed by atoms with Crippen molar-refractivity contribution in [2.24, 2.45) is 0 Å². The topological polar surface area (TPSA) is 58.6 Å². The number of hydrogen-bond acceptors (Lipinski definition) is 4. The van der Waals surface area contributed by atoms with E-state index in [2.05, 4.69) is 11.4 Å². The van der Waals surface area contributed by atoms with Crippen molar-refractivity contribution in [3.63, 3.8) is 0 Å². The number of ether oxygens (including phenoxy) is 1. The molecular weight excluding hydrogens is 274 g/mol. The van der Waals surface area contributed by atoms with Gasteiger partial charge in [0.2, 0.25) is 5.91 Å². The maximum atomic E-state index is 12.3. The van der Waals surface area contributed by atoms with E-state index < -0.39 is 5.60 Å². The second kappa shape index (κ2) is 5.76. The number of thioether (sulfide) groups is 1. The highest BCUT2D eigenvalue weighted by Crippen LogP contribution is 2.39. The lowest BCUT2D eigenvalue weighted by Crippen LogP contribution is -2.47. The van der Waals surface area contributed by atoms with Gasteiger partial charge in [-0.25, -0.2) is 0 Å². The number of benzene rings is 1. The summed E-state index contributed by atoms with van der Waals surface area (Å²) in [5.41, 5.74) is 0.299. The van der Waals surface area contributed by atoms with E-state index in [1.165, 1.54) is 4.90 Å². The summed E-state index contributed by atoms with van der Waals surface area (Å²) in [6.45, 7) is 1.45. The first-order valence-corrected chi connectivity index (χ1v) is 7.96. The molecule has 0 aliphatic carbocycles. The highest BCUT2D eigenvalue weighted by Gasteiger charge is 2.33. The van der Waals surface area contributed by atoms with Gasteiger partial charge in [0.15, 0.2) is 0 Å². The monoisotopic (exact) mass is 293 g/mol. The van der Waals surface area contributed by atoms with Crippen LogP contribution in [0, 0.1) is 0 Å². The van der Waals surface area contributed by atoms with E-state index in [1.807, 2.05) is 18.2 Å². The number of nitrogens with one attached hydrogen (secondary N) is 1. The van der Waals surface area contributed by atoms with Gasteiger partial charge in [0.1, 0.15) is 0 Å². The van der Waals surface area contributed by atoms with E-state index in [1.54, 1.807) is 11.8 Å². The summed E-state index contributed by atoms with van der Waals surface area (Å²) in [6.07, 6.45) is 1.17. The molecule has 0 bridgehead atoms. The largest absolute Gasteiger partial charge is 0.388 e. The number of carbonyl (C=O) groups excluding carboxylic acids is 1. The van der Waals surface area contributed by atoms with Gasteiger partial charge in [-0.3, -0.25) is 4.79 Å². The van der Waals surface area contributed by atoms with Crippen molar-refractivity contribution in [1.82, 2.24) is 5.32 Å². The molecule has 2 N–H and O–H groups in total. The standard InChI is InChI=1S/C15H19NO3S/c17-14(16-10-15(18)5-7-19-8-6-15)12-9-20-13-4-2-1-3-11(12)13/h1-4,12,18H,5-10H2,(H,16,17). The molecule has 0 spiro atoms. The number of aliphatic hydroxyl groups is 1. The third kappa shape index (κ3) is 2.85. The zero-order valence-electron chi connectivity index (χ0n) is 11.3. The Balaban J connectivity index is 1.60. The fourth-order valence-electron chi connectivity index (χ4n) is 2.68. The Bertz CT molecular complexity index is 500. The summed E-state index contributed by atoms with van der Waals surface area (Å²) in [7, 11) is 0. The Morgan fingerprint density at radius 1 is 1.40 bits per heavy atom. The molecule has 20 heavy (non-hydrogen) atoms.